The molecule has 1 aliphatic heterocycles. The van der Waals surface area contributed by atoms with Crippen molar-refractivity contribution < 1.29 is 4.74 Å². The van der Waals surface area contributed by atoms with Crippen molar-refractivity contribution in [1.29, 1.82) is 0 Å². The highest BCUT2D eigenvalue weighted by atomic mass is 16.5. The molecule has 0 amide bonds. The van der Waals surface area contributed by atoms with E-state index in [2.05, 4.69) is 64.1 Å². The Labute approximate surface area is 160 Å². The lowest BCUT2D eigenvalue weighted by Gasteiger charge is -2.40. The van der Waals surface area contributed by atoms with E-state index in [1.807, 2.05) is 12.4 Å². The molecule has 3 aromatic rings. The predicted octanol–water partition coefficient (Wildman–Crippen LogP) is 3.16. The van der Waals surface area contributed by atoms with E-state index in [9.17, 15) is 0 Å². The van der Waals surface area contributed by atoms with Crippen LogP contribution in [0.5, 0.6) is 0 Å². The quantitative estimate of drug-likeness (QED) is 0.672. The number of rotatable bonds is 6. The number of morpholine rings is 1. The maximum absolute atomic E-state index is 6.40. The molecule has 0 spiro atoms. The van der Waals surface area contributed by atoms with Crippen LogP contribution in [0, 0.1) is 5.92 Å². The van der Waals surface area contributed by atoms with Crippen molar-refractivity contribution in [1.82, 2.24) is 24.5 Å². The molecule has 2 atom stereocenters. The molecule has 0 aliphatic carbocycles. The number of benzene rings is 1. The van der Waals surface area contributed by atoms with Gasteiger partial charge in [0.15, 0.2) is 0 Å². The zero-order valence-corrected chi connectivity index (χ0v) is 16.0. The standard InChI is InChI=1S/C21H27N5O/c1-16(2)19-13-25(14-20(27-19)18-8-4-3-5-9-18)10-6-7-17-11-22-21-23-15-24-26(21)12-17/h3-5,8-9,11-12,15-16,19-20H,6-7,10,13-14H2,1-2H3/t19-,20+/m1/s1. The Kier molecular flexibility index (Phi) is 5.45. The zero-order chi connectivity index (χ0) is 18.6. The minimum Gasteiger partial charge on any atom is -0.367 e. The molecule has 1 fully saturated rings. The lowest BCUT2D eigenvalue weighted by Crippen LogP contribution is -2.46. The monoisotopic (exact) mass is 365 g/mol. The van der Waals surface area contributed by atoms with E-state index in [0.717, 1.165) is 32.5 Å². The van der Waals surface area contributed by atoms with Crippen molar-refractivity contribution in [2.75, 3.05) is 19.6 Å². The van der Waals surface area contributed by atoms with Gasteiger partial charge in [-0.15, -0.1) is 0 Å². The van der Waals surface area contributed by atoms with Gasteiger partial charge in [0.05, 0.1) is 12.2 Å². The molecule has 0 unspecified atom stereocenters. The van der Waals surface area contributed by atoms with Gasteiger partial charge in [0, 0.05) is 25.5 Å². The van der Waals surface area contributed by atoms with Crippen molar-refractivity contribution in [3.05, 3.63) is 60.2 Å². The van der Waals surface area contributed by atoms with Crippen LogP contribution in [0.2, 0.25) is 0 Å². The molecule has 1 saturated heterocycles. The first-order valence-electron chi connectivity index (χ1n) is 9.76. The molecular weight excluding hydrogens is 338 g/mol. The third-order valence-electron chi connectivity index (χ3n) is 5.24. The summed E-state index contributed by atoms with van der Waals surface area (Å²) in [4.78, 5) is 11.0. The van der Waals surface area contributed by atoms with Gasteiger partial charge in [-0.1, -0.05) is 44.2 Å². The smallest absolute Gasteiger partial charge is 0.252 e. The van der Waals surface area contributed by atoms with Gasteiger partial charge in [-0.05, 0) is 36.4 Å². The summed E-state index contributed by atoms with van der Waals surface area (Å²) in [5.41, 5.74) is 2.47. The first-order valence-corrected chi connectivity index (χ1v) is 9.76. The van der Waals surface area contributed by atoms with Gasteiger partial charge in [-0.2, -0.15) is 10.1 Å². The second-order valence-electron chi connectivity index (χ2n) is 7.65. The van der Waals surface area contributed by atoms with E-state index in [4.69, 9.17) is 4.74 Å². The average molecular weight is 365 g/mol. The average Bonchev–Trinajstić information content (AvgIpc) is 3.16. The topological polar surface area (TPSA) is 55.6 Å². The van der Waals surface area contributed by atoms with Gasteiger partial charge < -0.3 is 4.74 Å². The fourth-order valence-electron chi connectivity index (χ4n) is 3.66. The molecule has 6 nitrogen and oxygen atoms in total. The number of ether oxygens (including phenoxy) is 1. The summed E-state index contributed by atoms with van der Waals surface area (Å²) >= 11 is 0. The molecule has 142 valence electrons. The Morgan fingerprint density at radius 3 is 2.81 bits per heavy atom. The molecule has 1 aromatic carbocycles. The van der Waals surface area contributed by atoms with Gasteiger partial charge in [0.1, 0.15) is 6.33 Å². The predicted molar refractivity (Wildman–Crippen MR) is 104 cm³/mol. The van der Waals surface area contributed by atoms with Crippen LogP contribution in [0.3, 0.4) is 0 Å². The summed E-state index contributed by atoms with van der Waals surface area (Å²) in [6, 6.07) is 10.6. The SMILES string of the molecule is CC(C)[C@H]1CN(CCCc2cnc3ncnn3c2)C[C@@H](c2ccccc2)O1. The minimum absolute atomic E-state index is 0.153. The Bertz CT molecular complexity index is 863. The van der Waals surface area contributed by atoms with E-state index < -0.39 is 0 Å². The maximum atomic E-state index is 6.40. The summed E-state index contributed by atoms with van der Waals surface area (Å²) < 4.78 is 8.14. The number of nitrogens with zero attached hydrogens (tertiary/aromatic N) is 5. The summed E-state index contributed by atoms with van der Waals surface area (Å²) in [7, 11) is 0. The second kappa shape index (κ2) is 8.15. The number of aromatic nitrogens is 4. The van der Waals surface area contributed by atoms with Gasteiger partial charge in [0.2, 0.25) is 0 Å². The van der Waals surface area contributed by atoms with Crippen LogP contribution in [0.1, 0.15) is 37.5 Å². The van der Waals surface area contributed by atoms with Gasteiger partial charge in [-0.3, -0.25) is 4.90 Å². The fourth-order valence-corrected chi connectivity index (χ4v) is 3.66. The Hall–Kier alpha value is -2.31. The van der Waals surface area contributed by atoms with Crippen molar-refractivity contribution >= 4 is 5.78 Å². The molecule has 3 heterocycles. The van der Waals surface area contributed by atoms with Crippen LogP contribution in [0.15, 0.2) is 49.1 Å². The lowest BCUT2D eigenvalue weighted by molar-refractivity contribution is -0.105. The lowest BCUT2D eigenvalue weighted by atomic mass is 10.0. The second-order valence-corrected chi connectivity index (χ2v) is 7.65. The first kappa shape index (κ1) is 18.1. The summed E-state index contributed by atoms with van der Waals surface area (Å²) in [6.45, 7) is 7.50. The molecular formula is C21H27N5O. The van der Waals surface area contributed by atoms with Crippen molar-refractivity contribution in [3.63, 3.8) is 0 Å². The summed E-state index contributed by atoms with van der Waals surface area (Å²) in [6.07, 6.45) is 7.98. The van der Waals surface area contributed by atoms with E-state index in [1.165, 1.54) is 17.5 Å². The van der Waals surface area contributed by atoms with Gasteiger partial charge >= 0.3 is 0 Å². The van der Waals surface area contributed by atoms with Gasteiger partial charge in [-0.25, -0.2) is 9.50 Å². The molecule has 0 N–H and O–H groups in total. The van der Waals surface area contributed by atoms with Crippen molar-refractivity contribution in [2.24, 2.45) is 5.92 Å². The van der Waals surface area contributed by atoms with E-state index in [1.54, 1.807) is 4.52 Å². The molecule has 1 aliphatic rings. The van der Waals surface area contributed by atoms with E-state index in [-0.39, 0.29) is 12.2 Å². The normalized spacial score (nSPS) is 21.1. The summed E-state index contributed by atoms with van der Waals surface area (Å²) in [5, 5.41) is 4.17. The van der Waals surface area contributed by atoms with Crippen LogP contribution in [0.25, 0.3) is 5.78 Å². The third kappa shape index (κ3) is 4.34. The molecule has 27 heavy (non-hydrogen) atoms. The highest BCUT2D eigenvalue weighted by Gasteiger charge is 2.30. The minimum atomic E-state index is 0.153. The largest absolute Gasteiger partial charge is 0.367 e. The fraction of sp³-hybridized carbons (Fsp3) is 0.476. The molecule has 0 radical (unpaired) electrons. The number of aryl methyl sites for hydroxylation is 1. The molecule has 0 saturated carbocycles. The highest BCUT2D eigenvalue weighted by molar-refractivity contribution is 5.25. The number of hydrogen-bond acceptors (Lipinski definition) is 5. The third-order valence-corrected chi connectivity index (χ3v) is 5.24. The molecule has 6 heteroatoms. The van der Waals surface area contributed by atoms with Crippen molar-refractivity contribution in [3.8, 4) is 0 Å². The number of fused-ring (bicyclic) bond motifs is 1. The highest BCUT2D eigenvalue weighted by Crippen LogP contribution is 2.28. The van der Waals surface area contributed by atoms with Gasteiger partial charge in [0.25, 0.3) is 5.78 Å². The zero-order valence-electron chi connectivity index (χ0n) is 16.0. The Morgan fingerprint density at radius 1 is 1.15 bits per heavy atom. The Morgan fingerprint density at radius 2 is 2.00 bits per heavy atom. The van der Waals surface area contributed by atoms with E-state index >= 15 is 0 Å². The van der Waals surface area contributed by atoms with Crippen LogP contribution in [-0.2, 0) is 11.2 Å². The molecule has 0 bridgehead atoms. The van der Waals surface area contributed by atoms with Crippen molar-refractivity contribution in [2.45, 2.75) is 38.9 Å². The van der Waals surface area contributed by atoms with Crippen LogP contribution < -0.4 is 0 Å². The maximum Gasteiger partial charge on any atom is 0.252 e. The molecule has 4 rings (SSSR count). The van der Waals surface area contributed by atoms with Crippen LogP contribution in [-0.4, -0.2) is 50.2 Å². The van der Waals surface area contributed by atoms with E-state index in [0.29, 0.717) is 11.7 Å². The molecule has 2 aromatic heterocycles. The van der Waals surface area contributed by atoms with Crippen LogP contribution >= 0.6 is 0 Å². The summed E-state index contributed by atoms with van der Waals surface area (Å²) in [5.74, 6) is 1.16. The Balaban J connectivity index is 1.37. The number of hydrogen-bond donors (Lipinski definition) is 0. The van der Waals surface area contributed by atoms with Crippen LogP contribution in [0.4, 0.5) is 0 Å². The first-order chi connectivity index (χ1) is 13.2.